The van der Waals surface area contributed by atoms with Crippen molar-refractivity contribution in [3.05, 3.63) is 24.3 Å². The zero-order valence-corrected chi connectivity index (χ0v) is 16.3. The van der Waals surface area contributed by atoms with Crippen molar-refractivity contribution >= 4 is 23.2 Å². The molecule has 146 valence electrons. The third kappa shape index (κ3) is 3.36. The van der Waals surface area contributed by atoms with Gasteiger partial charge in [0.15, 0.2) is 0 Å². The van der Waals surface area contributed by atoms with Crippen LogP contribution in [0.1, 0.15) is 46.5 Å². The van der Waals surface area contributed by atoms with Crippen molar-refractivity contribution in [1.82, 2.24) is 0 Å². The van der Waals surface area contributed by atoms with Gasteiger partial charge in [0.25, 0.3) is 11.8 Å². The highest BCUT2D eigenvalue weighted by Crippen LogP contribution is 2.38. The minimum atomic E-state index is -0.392. The van der Waals surface area contributed by atoms with Crippen LogP contribution in [0.2, 0.25) is 0 Å². The highest BCUT2D eigenvalue weighted by molar-refractivity contribution is 6.07. The van der Waals surface area contributed by atoms with E-state index in [1.54, 1.807) is 4.90 Å². The zero-order chi connectivity index (χ0) is 19.1. The molecule has 4 rings (SSSR count). The lowest BCUT2D eigenvalue weighted by molar-refractivity contribution is -0.131. The molecule has 27 heavy (non-hydrogen) atoms. The van der Waals surface area contributed by atoms with Gasteiger partial charge in [-0.25, -0.2) is 0 Å². The number of anilines is 2. The number of carbonyl (C=O) groups excluding carboxylic acids is 2. The number of nitrogens with zero attached hydrogens (tertiary/aromatic N) is 2. The fraction of sp³-hybridized carbons (Fsp3) is 0.619. The molecule has 0 spiro atoms. The first kappa shape index (κ1) is 18.4. The van der Waals surface area contributed by atoms with Gasteiger partial charge >= 0.3 is 0 Å². The predicted molar refractivity (Wildman–Crippen MR) is 103 cm³/mol. The highest BCUT2D eigenvalue weighted by atomic mass is 16.5. The molecule has 2 fully saturated rings. The van der Waals surface area contributed by atoms with Crippen molar-refractivity contribution in [2.75, 3.05) is 16.3 Å². The van der Waals surface area contributed by atoms with Gasteiger partial charge in [0.1, 0.15) is 12.2 Å². The maximum atomic E-state index is 13.2. The Morgan fingerprint density at radius 2 is 1.41 bits per heavy atom. The summed E-state index contributed by atoms with van der Waals surface area (Å²) >= 11 is 0. The molecule has 2 amide bonds. The van der Waals surface area contributed by atoms with Crippen molar-refractivity contribution in [2.24, 2.45) is 0 Å². The van der Waals surface area contributed by atoms with Gasteiger partial charge in [0, 0.05) is 6.54 Å². The Balaban J connectivity index is 1.62. The zero-order valence-electron chi connectivity index (χ0n) is 16.3. The van der Waals surface area contributed by atoms with E-state index in [-0.39, 0.29) is 36.2 Å². The molecule has 1 aromatic carbocycles. The summed E-state index contributed by atoms with van der Waals surface area (Å²) in [6.45, 7) is 6.47. The van der Waals surface area contributed by atoms with E-state index >= 15 is 0 Å². The van der Waals surface area contributed by atoms with E-state index in [0.29, 0.717) is 6.54 Å². The number of amides is 2. The minimum absolute atomic E-state index is 0.00265. The summed E-state index contributed by atoms with van der Waals surface area (Å²) in [5.74, 6) is -0.00590. The third-order valence-electron chi connectivity index (χ3n) is 5.84. The van der Waals surface area contributed by atoms with Crippen molar-refractivity contribution in [1.29, 1.82) is 0 Å². The van der Waals surface area contributed by atoms with E-state index in [4.69, 9.17) is 9.47 Å². The molecular weight excluding hydrogens is 344 g/mol. The molecule has 2 saturated heterocycles. The summed E-state index contributed by atoms with van der Waals surface area (Å²) in [4.78, 5) is 29.9. The van der Waals surface area contributed by atoms with Crippen LogP contribution in [0.3, 0.4) is 0 Å². The van der Waals surface area contributed by atoms with Crippen LogP contribution >= 0.6 is 0 Å². The van der Waals surface area contributed by atoms with Gasteiger partial charge in [-0.3, -0.25) is 9.59 Å². The van der Waals surface area contributed by atoms with Gasteiger partial charge in [-0.05, 0) is 58.6 Å². The lowest BCUT2D eigenvalue weighted by atomic mass is 10.0. The Kier molecular flexibility index (Phi) is 4.95. The lowest BCUT2D eigenvalue weighted by Crippen LogP contribution is -2.55. The normalized spacial score (nSPS) is 33.2. The topological polar surface area (TPSA) is 59.1 Å². The largest absolute Gasteiger partial charge is 0.365 e. The van der Waals surface area contributed by atoms with E-state index in [9.17, 15) is 9.59 Å². The number of carbonyl (C=O) groups is 2. The Morgan fingerprint density at radius 3 is 1.96 bits per heavy atom. The van der Waals surface area contributed by atoms with Crippen LogP contribution in [0, 0.1) is 0 Å². The van der Waals surface area contributed by atoms with Crippen molar-refractivity contribution in [3.63, 3.8) is 0 Å². The van der Waals surface area contributed by atoms with Gasteiger partial charge in [0.05, 0.1) is 29.6 Å². The molecular formula is C21H28N2O4. The second-order valence-corrected chi connectivity index (χ2v) is 8.02. The number of para-hydroxylation sites is 2. The first-order chi connectivity index (χ1) is 13.0. The molecule has 6 heteroatoms. The average molecular weight is 372 g/mol. The quantitative estimate of drug-likeness (QED) is 0.801. The highest BCUT2D eigenvalue weighted by Gasteiger charge is 2.41. The maximum Gasteiger partial charge on any atom is 0.256 e. The van der Waals surface area contributed by atoms with E-state index in [1.165, 1.54) is 0 Å². The Morgan fingerprint density at radius 1 is 0.852 bits per heavy atom. The monoisotopic (exact) mass is 372 g/mol. The molecule has 3 heterocycles. The molecule has 0 saturated carbocycles. The van der Waals surface area contributed by atoms with Crippen molar-refractivity contribution < 1.29 is 19.1 Å². The molecule has 1 unspecified atom stereocenters. The van der Waals surface area contributed by atoms with Gasteiger partial charge < -0.3 is 19.3 Å². The smallest absolute Gasteiger partial charge is 0.256 e. The number of hydrogen-bond acceptors (Lipinski definition) is 4. The number of ether oxygens (including phenoxy) is 2. The summed E-state index contributed by atoms with van der Waals surface area (Å²) in [5.41, 5.74) is 1.56. The summed E-state index contributed by atoms with van der Waals surface area (Å²) in [5, 5.41) is 0. The lowest BCUT2D eigenvalue weighted by Gasteiger charge is -2.42. The first-order valence-corrected chi connectivity index (χ1v) is 10.00. The molecule has 0 bridgehead atoms. The average Bonchev–Trinajstić information content (AvgIpc) is 3.28. The molecule has 3 aliphatic heterocycles. The maximum absolute atomic E-state index is 13.2. The molecule has 6 nitrogen and oxygen atoms in total. The summed E-state index contributed by atoms with van der Waals surface area (Å²) < 4.78 is 11.6. The molecule has 0 N–H and O–H groups in total. The van der Waals surface area contributed by atoms with Crippen LogP contribution in [0.15, 0.2) is 24.3 Å². The molecule has 1 aromatic rings. The Labute approximate surface area is 160 Å². The third-order valence-corrected chi connectivity index (χ3v) is 5.84. The Bertz CT molecular complexity index is 737. The standard InChI is InChI=1S/C21H28N2O4/c1-13-12-22(20(24)18-10-8-14(2)26-18)16-6-4-5-7-17(16)23(13)21(25)19-11-9-15(3)27-19/h4-7,13-15,18-19H,8-12H2,1-3H3/t13?,14-,15+,18-,19+/m1/s1. The van der Waals surface area contributed by atoms with Crippen LogP contribution in [-0.4, -0.2) is 48.8 Å². The fourth-order valence-corrected chi connectivity index (χ4v) is 4.42. The second-order valence-electron chi connectivity index (χ2n) is 8.02. The number of benzene rings is 1. The summed E-state index contributed by atoms with van der Waals surface area (Å²) in [6.07, 6.45) is 2.78. The van der Waals surface area contributed by atoms with E-state index in [2.05, 4.69) is 0 Å². The summed E-state index contributed by atoms with van der Waals surface area (Å²) in [6, 6.07) is 7.53. The van der Waals surface area contributed by atoms with E-state index < -0.39 is 6.10 Å². The molecule has 0 radical (unpaired) electrons. The van der Waals surface area contributed by atoms with E-state index in [1.807, 2.05) is 49.9 Å². The van der Waals surface area contributed by atoms with Gasteiger partial charge in [-0.15, -0.1) is 0 Å². The summed E-state index contributed by atoms with van der Waals surface area (Å²) in [7, 11) is 0. The molecule has 0 aromatic heterocycles. The predicted octanol–water partition coefficient (Wildman–Crippen LogP) is 2.89. The Hall–Kier alpha value is -1.92. The number of hydrogen-bond donors (Lipinski definition) is 0. The second kappa shape index (κ2) is 7.24. The van der Waals surface area contributed by atoms with Crippen molar-refractivity contribution in [3.8, 4) is 0 Å². The number of fused-ring (bicyclic) bond motifs is 1. The molecule has 0 aliphatic carbocycles. The van der Waals surface area contributed by atoms with Gasteiger partial charge in [0.2, 0.25) is 0 Å². The van der Waals surface area contributed by atoms with Gasteiger partial charge in [-0.2, -0.15) is 0 Å². The molecule has 3 aliphatic rings. The molecule has 5 atom stereocenters. The SMILES string of the molecule is CC1CN(C(=O)[C@H]2CC[C@@H](C)O2)c2ccccc2N1C(=O)[C@@H]1CC[C@H](C)O1. The van der Waals surface area contributed by atoms with Crippen LogP contribution in [0.5, 0.6) is 0 Å². The van der Waals surface area contributed by atoms with Crippen LogP contribution in [-0.2, 0) is 19.1 Å². The fourth-order valence-electron chi connectivity index (χ4n) is 4.42. The van der Waals surface area contributed by atoms with Crippen LogP contribution in [0.25, 0.3) is 0 Å². The minimum Gasteiger partial charge on any atom is -0.365 e. The number of rotatable bonds is 2. The van der Waals surface area contributed by atoms with Crippen LogP contribution < -0.4 is 9.80 Å². The van der Waals surface area contributed by atoms with Gasteiger partial charge in [-0.1, -0.05) is 12.1 Å². The van der Waals surface area contributed by atoms with Crippen LogP contribution in [0.4, 0.5) is 11.4 Å². The first-order valence-electron chi connectivity index (χ1n) is 10.00. The van der Waals surface area contributed by atoms with E-state index in [0.717, 1.165) is 37.1 Å². The van der Waals surface area contributed by atoms with Crippen molar-refractivity contribution in [2.45, 2.75) is 76.9 Å².